The first-order valence-corrected chi connectivity index (χ1v) is 8.07. The molecule has 0 heterocycles. The van der Waals surface area contributed by atoms with Crippen LogP contribution in [0, 0.1) is 0 Å². The SMILES string of the molecule is O=C(Nc1ccc(C(=O)N(CCO)C2CC2)cc1)c1ccccc1. The van der Waals surface area contributed by atoms with Gasteiger partial charge in [0.1, 0.15) is 0 Å². The second-order valence-electron chi connectivity index (χ2n) is 5.85. The molecule has 0 radical (unpaired) electrons. The van der Waals surface area contributed by atoms with Gasteiger partial charge < -0.3 is 15.3 Å². The standard InChI is InChI=1S/C19H20N2O3/c22-13-12-21(17-10-11-17)19(24)15-6-8-16(9-7-15)20-18(23)14-4-2-1-3-5-14/h1-9,17,22H,10-13H2,(H,20,23). The number of nitrogens with one attached hydrogen (secondary N) is 1. The summed E-state index contributed by atoms with van der Waals surface area (Å²) in [5, 5.41) is 11.9. The maximum absolute atomic E-state index is 12.5. The molecule has 1 aliphatic rings. The molecule has 3 rings (SSSR count). The predicted octanol–water partition coefficient (Wildman–Crippen LogP) is 2.54. The Morgan fingerprint density at radius 1 is 1.00 bits per heavy atom. The van der Waals surface area contributed by atoms with Crippen LogP contribution >= 0.6 is 0 Å². The molecule has 1 saturated carbocycles. The summed E-state index contributed by atoms with van der Waals surface area (Å²) in [5.74, 6) is -0.262. The molecule has 5 heteroatoms. The average molecular weight is 324 g/mol. The molecule has 0 saturated heterocycles. The van der Waals surface area contributed by atoms with Crippen molar-refractivity contribution in [1.82, 2.24) is 4.90 Å². The summed E-state index contributed by atoms with van der Waals surface area (Å²) < 4.78 is 0. The number of aliphatic hydroxyl groups is 1. The number of hydrogen-bond acceptors (Lipinski definition) is 3. The number of anilines is 1. The molecule has 1 fully saturated rings. The molecule has 24 heavy (non-hydrogen) atoms. The molecule has 0 bridgehead atoms. The van der Waals surface area contributed by atoms with Crippen LogP contribution in [-0.4, -0.2) is 41.0 Å². The number of carbonyl (C=O) groups is 2. The quantitative estimate of drug-likeness (QED) is 0.858. The Balaban J connectivity index is 1.66. The van der Waals surface area contributed by atoms with E-state index in [2.05, 4.69) is 5.32 Å². The summed E-state index contributed by atoms with van der Waals surface area (Å²) in [4.78, 5) is 26.3. The Bertz CT molecular complexity index is 709. The van der Waals surface area contributed by atoms with Gasteiger partial charge in [-0.25, -0.2) is 0 Å². The summed E-state index contributed by atoms with van der Waals surface area (Å²) in [5.41, 5.74) is 1.79. The Kier molecular flexibility index (Phi) is 4.91. The van der Waals surface area contributed by atoms with E-state index >= 15 is 0 Å². The highest BCUT2D eigenvalue weighted by Crippen LogP contribution is 2.28. The predicted molar refractivity (Wildman–Crippen MR) is 92.0 cm³/mol. The first-order valence-electron chi connectivity index (χ1n) is 8.07. The molecule has 2 aromatic carbocycles. The van der Waals surface area contributed by atoms with Gasteiger partial charge in [0, 0.05) is 29.4 Å². The number of hydrogen-bond donors (Lipinski definition) is 2. The van der Waals surface area contributed by atoms with E-state index in [-0.39, 0.29) is 24.5 Å². The number of aliphatic hydroxyl groups excluding tert-OH is 1. The summed E-state index contributed by atoms with van der Waals surface area (Å²) in [6.07, 6.45) is 1.99. The lowest BCUT2D eigenvalue weighted by Gasteiger charge is -2.21. The van der Waals surface area contributed by atoms with Gasteiger partial charge in [-0.2, -0.15) is 0 Å². The molecule has 2 amide bonds. The highest BCUT2D eigenvalue weighted by Gasteiger charge is 2.32. The topological polar surface area (TPSA) is 69.6 Å². The van der Waals surface area contributed by atoms with Crippen LogP contribution in [0.4, 0.5) is 5.69 Å². The summed E-state index contributed by atoms with van der Waals surface area (Å²) in [7, 11) is 0. The molecule has 0 spiro atoms. The summed E-state index contributed by atoms with van der Waals surface area (Å²) >= 11 is 0. The van der Waals surface area contributed by atoms with Crippen molar-refractivity contribution in [2.45, 2.75) is 18.9 Å². The Hall–Kier alpha value is -2.66. The number of amides is 2. The third kappa shape index (κ3) is 3.81. The first kappa shape index (κ1) is 16.2. The van der Waals surface area contributed by atoms with Crippen LogP contribution < -0.4 is 5.32 Å². The molecule has 0 aromatic heterocycles. The van der Waals surface area contributed by atoms with Gasteiger partial charge in [-0.15, -0.1) is 0 Å². The van der Waals surface area contributed by atoms with Gasteiger partial charge in [-0.05, 0) is 49.2 Å². The summed E-state index contributed by atoms with van der Waals surface area (Å²) in [6.45, 7) is 0.323. The largest absolute Gasteiger partial charge is 0.395 e. The fraction of sp³-hybridized carbons (Fsp3) is 0.263. The lowest BCUT2D eigenvalue weighted by molar-refractivity contribution is 0.0707. The normalized spacial score (nSPS) is 13.4. The van der Waals surface area contributed by atoms with Crippen molar-refractivity contribution in [3.05, 3.63) is 65.7 Å². The van der Waals surface area contributed by atoms with Gasteiger partial charge in [0.15, 0.2) is 0 Å². The van der Waals surface area contributed by atoms with E-state index in [9.17, 15) is 9.59 Å². The van der Waals surface area contributed by atoms with E-state index in [0.29, 0.717) is 23.4 Å². The number of nitrogens with zero attached hydrogens (tertiary/aromatic N) is 1. The second-order valence-corrected chi connectivity index (χ2v) is 5.85. The zero-order chi connectivity index (χ0) is 16.9. The van der Waals surface area contributed by atoms with Gasteiger partial charge >= 0.3 is 0 Å². The number of carbonyl (C=O) groups excluding carboxylic acids is 2. The molecular weight excluding hydrogens is 304 g/mol. The minimum Gasteiger partial charge on any atom is -0.395 e. The van der Waals surface area contributed by atoms with Crippen LogP contribution in [0.1, 0.15) is 33.6 Å². The molecule has 1 aliphatic carbocycles. The smallest absolute Gasteiger partial charge is 0.255 e. The minimum absolute atomic E-state index is 0.0343. The zero-order valence-electron chi connectivity index (χ0n) is 13.3. The van der Waals surface area contributed by atoms with Crippen LogP contribution in [0.5, 0.6) is 0 Å². The zero-order valence-corrected chi connectivity index (χ0v) is 13.3. The molecular formula is C19H20N2O3. The highest BCUT2D eigenvalue weighted by atomic mass is 16.3. The first-order chi connectivity index (χ1) is 11.7. The van der Waals surface area contributed by atoms with Gasteiger partial charge in [0.25, 0.3) is 11.8 Å². The van der Waals surface area contributed by atoms with Crippen LogP contribution in [0.15, 0.2) is 54.6 Å². The molecule has 0 atom stereocenters. The lowest BCUT2D eigenvalue weighted by Crippen LogP contribution is -2.35. The molecule has 2 aromatic rings. The molecule has 2 N–H and O–H groups in total. The minimum atomic E-state index is -0.186. The van der Waals surface area contributed by atoms with Crippen molar-refractivity contribution in [2.75, 3.05) is 18.5 Å². The lowest BCUT2D eigenvalue weighted by atomic mass is 10.1. The summed E-state index contributed by atoms with van der Waals surface area (Å²) in [6, 6.07) is 16.1. The average Bonchev–Trinajstić information content (AvgIpc) is 3.45. The third-order valence-corrected chi connectivity index (χ3v) is 4.02. The monoisotopic (exact) mass is 324 g/mol. The Morgan fingerprint density at radius 3 is 2.25 bits per heavy atom. The molecule has 0 unspecified atom stereocenters. The number of benzene rings is 2. The van der Waals surface area contributed by atoms with E-state index in [1.807, 2.05) is 18.2 Å². The van der Waals surface area contributed by atoms with Crippen molar-refractivity contribution >= 4 is 17.5 Å². The van der Waals surface area contributed by atoms with Crippen molar-refractivity contribution in [3.63, 3.8) is 0 Å². The van der Waals surface area contributed by atoms with E-state index in [1.54, 1.807) is 41.3 Å². The van der Waals surface area contributed by atoms with Crippen LogP contribution in [-0.2, 0) is 0 Å². The van der Waals surface area contributed by atoms with Gasteiger partial charge in [-0.3, -0.25) is 9.59 Å². The Morgan fingerprint density at radius 2 is 1.67 bits per heavy atom. The molecule has 0 aliphatic heterocycles. The van der Waals surface area contributed by atoms with Crippen molar-refractivity contribution in [1.29, 1.82) is 0 Å². The van der Waals surface area contributed by atoms with Crippen molar-refractivity contribution < 1.29 is 14.7 Å². The van der Waals surface area contributed by atoms with Crippen LogP contribution in [0.2, 0.25) is 0 Å². The third-order valence-electron chi connectivity index (χ3n) is 4.02. The van der Waals surface area contributed by atoms with Crippen molar-refractivity contribution in [2.24, 2.45) is 0 Å². The van der Waals surface area contributed by atoms with Crippen molar-refractivity contribution in [3.8, 4) is 0 Å². The molecule has 124 valence electrons. The number of rotatable bonds is 6. The van der Waals surface area contributed by atoms with E-state index in [4.69, 9.17) is 5.11 Å². The van der Waals surface area contributed by atoms with Gasteiger partial charge in [0.2, 0.25) is 0 Å². The highest BCUT2D eigenvalue weighted by molar-refractivity contribution is 6.04. The second kappa shape index (κ2) is 7.27. The van der Waals surface area contributed by atoms with Crippen LogP contribution in [0.3, 0.4) is 0 Å². The maximum Gasteiger partial charge on any atom is 0.255 e. The van der Waals surface area contributed by atoms with Crippen LogP contribution in [0.25, 0.3) is 0 Å². The van der Waals surface area contributed by atoms with Gasteiger partial charge in [-0.1, -0.05) is 18.2 Å². The maximum atomic E-state index is 12.5. The molecule has 5 nitrogen and oxygen atoms in total. The van der Waals surface area contributed by atoms with E-state index < -0.39 is 0 Å². The van der Waals surface area contributed by atoms with E-state index in [1.165, 1.54) is 0 Å². The van der Waals surface area contributed by atoms with E-state index in [0.717, 1.165) is 12.8 Å². The fourth-order valence-corrected chi connectivity index (χ4v) is 2.60. The van der Waals surface area contributed by atoms with Gasteiger partial charge in [0.05, 0.1) is 6.61 Å². The fourth-order valence-electron chi connectivity index (χ4n) is 2.60. The Labute approximate surface area is 140 Å².